The zero-order chi connectivity index (χ0) is 22.3. The zero-order valence-corrected chi connectivity index (χ0v) is 20.1. The number of sulfonamides is 1. The zero-order valence-electron chi connectivity index (χ0n) is 19.3. The maximum atomic E-state index is 13.6. The topological polar surface area (TPSA) is 82.1 Å². The summed E-state index contributed by atoms with van der Waals surface area (Å²) in [5, 5.41) is 0. The van der Waals surface area contributed by atoms with E-state index in [-0.39, 0.29) is 26.1 Å². The van der Waals surface area contributed by atoms with E-state index in [0.29, 0.717) is 25.6 Å². The van der Waals surface area contributed by atoms with Gasteiger partial charge in [-0.1, -0.05) is 26.2 Å². The summed E-state index contributed by atoms with van der Waals surface area (Å²) in [6.07, 6.45) is 6.54. The van der Waals surface area contributed by atoms with Crippen LogP contribution in [-0.2, 0) is 29.0 Å². The molecule has 30 heavy (non-hydrogen) atoms. The molecule has 2 aliphatic heterocycles. The van der Waals surface area contributed by atoms with Gasteiger partial charge in [-0.2, -0.15) is 0 Å². The van der Waals surface area contributed by atoms with E-state index in [0.717, 1.165) is 25.9 Å². The maximum absolute atomic E-state index is 13.6. The summed E-state index contributed by atoms with van der Waals surface area (Å²) in [6, 6.07) is 0. The van der Waals surface area contributed by atoms with Crippen molar-refractivity contribution >= 4 is 16.0 Å². The van der Waals surface area contributed by atoms with Crippen LogP contribution in [0.2, 0.25) is 0 Å². The number of esters is 1. The molecule has 2 aliphatic rings. The summed E-state index contributed by atoms with van der Waals surface area (Å²) >= 11 is 0. The Morgan fingerprint density at radius 2 is 1.73 bits per heavy atom. The minimum absolute atomic E-state index is 0.144. The fourth-order valence-electron chi connectivity index (χ4n) is 4.08. The second-order valence-electron chi connectivity index (χ2n) is 9.59. The molecule has 0 bridgehead atoms. The smallest absolute Gasteiger partial charge is 0.329 e. The number of carbonyl (C=O) groups is 1. The van der Waals surface area contributed by atoms with Crippen LogP contribution in [0.4, 0.5) is 0 Å². The highest BCUT2D eigenvalue weighted by Crippen LogP contribution is 2.36. The molecule has 0 spiro atoms. The monoisotopic (exact) mass is 447 g/mol. The van der Waals surface area contributed by atoms with Crippen molar-refractivity contribution in [3.05, 3.63) is 0 Å². The van der Waals surface area contributed by atoms with E-state index in [1.807, 2.05) is 0 Å². The van der Waals surface area contributed by atoms with Gasteiger partial charge in [-0.05, 0) is 46.0 Å². The molecule has 8 heteroatoms. The molecule has 0 saturated carbocycles. The van der Waals surface area contributed by atoms with E-state index in [1.165, 1.54) is 23.6 Å². The molecule has 0 radical (unpaired) electrons. The Hall–Kier alpha value is -0.700. The number of piperidine rings is 1. The molecule has 2 fully saturated rings. The summed E-state index contributed by atoms with van der Waals surface area (Å²) in [5.74, 6) is -0.273. The van der Waals surface area contributed by atoms with Crippen LogP contribution in [0, 0.1) is 5.92 Å². The molecule has 0 unspecified atom stereocenters. The second-order valence-corrected chi connectivity index (χ2v) is 11.8. The lowest BCUT2D eigenvalue weighted by Gasteiger charge is -2.41. The first-order chi connectivity index (χ1) is 14.1. The first kappa shape index (κ1) is 25.6. The van der Waals surface area contributed by atoms with Gasteiger partial charge in [-0.3, -0.25) is 4.79 Å². The number of hydrogen-bond donors (Lipinski definition) is 0. The summed E-state index contributed by atoms with van der Waals surface area (Å²) < 4.78 is 43.9. The van der Waals surface area contributed by atoms with Gasteiger partial charge in [-0.25, -0.2) is 12.7 Å². The molecule has 176 valence electrons. The lowest BCUT2D eigenvalue weighted by atomic mass is 9.98. The van der Waals surface area contributed by atoms with Crippen LogP contribution >= 0.6 is 0 Å². The minimum Gasteiger partial charge on any atom is -0.459 e. The molecule has 0 aromatic heterocycles. The van der Waals surface area contributed by atoms with Crippen molar-refractivity contribution in [2.45, 2.75) is 89.4 Å². The molecular formula is C22H41NO6S. The molecule has 2 rings (SSSR count). The minimum atomic E-state index is -3.84. The van der Waals surface area contributed by atoms with E-state index in [2.05, 4.69) is 6.92 Å². The Balaban J connectivity index is 1.95. The van der Waals surface area contributed by atoms with Crippen molar-refractivity contribution in [2.75, 3.05) is 39.5 Å². The predicted octanol–water partition coefficient (Wildman–Crippen LogP) is 3.52. The first-order valence-electron chi connectivity index (χ1n) is 11.5. The van der Waals surface area contributed by atoms with E-state index in [9.17, 15) is 13.2 Å². The Kier molecular flexibility index (Phi) is 9.58. The van der Waals surface area contributed by atoms with Crippen LogP contribution in [-0.4, -0.2) is 68.6 Å². The predicted molar refractivity (Wildman–Crippen MR) is 117 cm³/mol. The van der Waals surface area contributed by atoms with Crippen LogP contribution in [0.5, 0.6) is 0 Å². The fourth-order valence-corrected chi connectivity index (χ4v) is 6.20. The maximum Gasteiger partial charge on any atom is 0.329 e. The third-order valence-corrected chi connectivity index (χ3v) is 8.58. The van der Waals surface area contributed by atoms with E-state index < -0.39 is 26.3 Å². The van der Waals surface area contributed by atoms with Gasteiger partial charge in [0.25, 0.3) is 0 Å². The third-order valence-electron chi connectivity index (χ3n) is 5.97. The van der Waals surface area contributed by atoms with Gasteiger partial charge < -0.3 is 14.2 Å². The number of nitrogens with zero attached hydrogens (tertiary/aromatic N) is 1. The molecule has 0 atom stereocenters. The van der Waals surface area contributed by atoms with Crippen molar-refractivity contribution in [1.82, 2.24) is 4.31 Å². The third kappa shape index (κ3) is 6.65. The van der Waals surface area contributed by atoms with Crippen LogP contribution in [0.25, 0.3) is 0 Å². The Morgan fingerprint density at radius 3 is 2.30 bits per heavy atom. The highest BCUT2D eigenvalue weighted by molar-refractivity contribution is 7.91. The van der Waals surface area contributed by atoms with Gasteiger partial charge in [0.2, 0.25) is 10.0 Å². The van der Waals surface area contributed by atoms with Gasteiger partial charge in [0.1, 0.15) is 5.60 Å². The number of unbranched alkanes of at least 4 members (excludes halogenated alkanes) is 3. The molecule has 0 aromatic rings. The molecular weight excluding hydrogens is 406 g/mol. The lowest BCUT2D eigenvalue weighted by molar-refractivity contribution is -0.161. The number of carbonyl (C=O) groups excluding carboxylic acids is 1. The molecule has 7 nitrogen and oxygen atoms in total. The molecule has 0 N–H and O–H groups in total. The van der Waals surface area contributed by atoms with Crippen LogP contribution in [0.1, 0.15) is 79.1 Å². The quantitative estimate of drug-likeness (QED) is 0.376. The normalized spacial score (nSPS) is 21.5. The summed E-state index contributed by atoms with van der Waals surface area (Å²) in [5.41, 5.74) is -0.737. The van der Waals surface area contributed by atoms with Crippen molar-refractivity contribution in [1.29, 1.82) is 0 Å². The van der Waals surface area contributed by atoms with Gasteiger partial charge in [0, 0.05) is 52.4 Å². The van der Waals surface area contributed by atoms with Crippen LogP contribution < -0.4 is 0 Å². The first-order valence-corrected chi connectivity index (χ1v) is 12.9. The van der Waals surface area contributed by atoms with E-state index >= 15 is 0 Å². The Morgan fingerprint density at radius 1 is 1.10 bits per heavy atom. The average Bonchev–Trinajstić information content (AvgIpc) is 2.70. The molecule has 0 aliphatic carbocycles. The largest absolute Gasteiger partial charge is 0.459 e. The average molecular weight is 448 g/mol. The molecule has 0 amide bonds. The molecule has 2 saturated heterocycles. The number of rotatable bonds is 10. The van der Waals surface area contributed by atoms with Crippen molar-refractivity contribution in [3.8, 4) is 0 Å². The fraction of sp³-hybridized carbons (Fsp3) is 0.955. The number of ether oxygens (including phenoxy) is 3. The summed E-state index contributed by atoms with van der Waals surface area (Å²) in [4.78, 5) is 13.0. The Bertz CT molecular complexity index is 629. The summed E-state index contributed by atoms with van der Waals surface area (Å²) in [6.45, 7) is 10.3. The second kappa shape index (κ2) is 11.2. The molecule has 0 aromatic carbocycles. The number of hydrogen-bond acceptors (Lipinski definition) is 6. The lowest BCUT2D eigenvalue weighted by Crippen LogP contribution is -2.59. The highest BCUT2D eigenvalue weighted by atomic mass is 32.2. The van der Waals surface area contributed by atoms with Crippen molar-refractivity contribution < 1.29 is 27.4 Å². The standard InChI is InChI=1S/C22H41NO6S/c1-5-6-7-8-15-28-18-19-9-13-23(14-10-19)30(25,26)22(11-16-27-17-12-22)20(24)29-21(2,3)4/h19H,5-18H2,1-4H3. The van der Waals surface area contributed by atoms with Crippen molar-refractivity contribution in [2.24, 2.45) is 5.92 Å². The van der Waals surface area contributed by atoms with Crippen LogP contribution in [0.3, 0.4) is 0 Å². The van der Waals surface area contributed by atoms with E-state index in [1.54, 1.807) is 20.8 Å². The Labute approximate surface area is 182 Å². The van der Waals surface area contributed by atoms with Gasteiger partial charge in [-0.15, -0.1) is 0 Å². The van der Waals surface area contributed by atoms with Gasteiger partial charge >= 0.3 is 5.97 Å². The van der Waals surface area contributed by atoms with Crippen molar-refractivity contribution in [3.63, 3.8) is 0 Å². The van der Waals surface area contributed by atoms with Gasteiger partial charge in [0.15, 0.2) is 4.75 Å². The van der Waals surface area contributed by atoms with Crippen LogP contribution in [0.15, 0.2) is 0 Å². The molecule has 2 heterocycles. The highest BCUT2D eigenvalue weighted by Gasteiger charge is 2.56. The van der Waals surface area contributed by atoms with Gasteiger partial charge in [0.05, 0.1) is 0 Å². The summed E-state index contributed by atoms with van der Waals surface area (Å²) in [7, 11) is -3.84. The SMILES string of the molecule is CCCCCCOCC1CCN(S(=O)(=O)C2(C(=O)OC(C)(C)C)CCOCC2)CC1. The van der Waals surface area contributed by atoms with E-state index in [4.69, 9.17) is 14.2 Å².